The monoisotopic (exact) mass is 348 g/mol. The minimum atomic E-state index is -0.261. The third-order valence-corrected chi connectivity index (χ3v) is 4.06. The fourth-order valence-corrected chi connectivity index (χ4v) is 2.79. The van der Waals surface area contributed by atoms with Gasteiger partial charge >= 0.3 is 0 Å². The highest BCUT2D eigenvalue weighted by Crippen LogP contribution is 2.13. The largest absolute Gasteiger partial charge is 0.494 e. The highest BCUT2D eigenvalue weighted by atomic mass is 16.5. The van der Waals surface area contributed by atoms with E-state index in [2.05, 4.69) is 12.2 Å². The zero-order valence-electron chi connectivity index (χ0n) is 15.3. The maximum Gasteiger partial charge on any atom is 0.251 e. The number of ether oxygens (including phenoxy) is 2. The summed E-state index contributed by atoms with van der Waals surface area (Å²) < 4.78 is 11.2. The first-order chi connectivity index (χ1) is 12.0. The number of nitrogens with zero attached hydrogens (tertiary/aromatic N) is 1. The second-order valence-electron chi connectivity index (χ2n) is 6.47. The lowest BCUT2D eigenvalue weighted by atomic mass is 10.2. The van der Waals surface area contributed by atoms with E-state index < -0.39 is 0 Å². The summed E-state index contributed by atoms with van der Waals surface area (Å²) in [7, 11) is 0. The Morgan fingerprint density at radius 3 is 2.44 bits per heavy atom. The van der Waals surface area contributed by atoms with Gasteiger partial charge in [-0.2, -0.15) is 0 Å². The molecule has 138 valence electrons. The summed E-state index contributed by atoms with van der Waals surface area (Å²) in [5.74, 6) is 0.398. The fourth-order valence-electron chi connectivity index (χ4n) is 2.79. The van der Waals surface area contributed by atoms with Crippen molar-refractivity contribution in [3.8, 4) is 5.75 Å². The molecule has 0 bridgehead atoms. The number of rotatable bonds is 7. The predicted octanol–water partition coefficient (Wildman–Crippen LogP) is 2.23. The van der Waals surface area contributed by atoms with Crippen molar-refractivity contribution in [2.75, 3.05) is 26.2 Å². The average Bonchev–Trinajstić information content (AvgIpc) is 2.59. The molecule has 2 rings (SSSR count). The molecule has 0 aromatic heterocycles. The van der Waals surface area contributed by atoms with Crippen LogP contribution in [0.5, 0.6) is 5.75 Å². The van der Waals surface area contributed by atoms with Gasteiger partial charge in [-0.1, -0.05) is 13.3 Å². The molecular formula is C19H28N2O4. The van der Waals surface area contributed by atoms with Crippen molar-refractivity contribution in [3.05, 3.63) is 29.8 Å². The number of hydrogen-bond donors (Lipinski definition) is 1. The standard InChI is InChI=1S/C19H28N2O4/c1-4-5-10-24-17-8-6-16(7-9-17)19(23)20-11-18(22)21-12-14(2)25-15(3)13-21/h6-9,14-15H,4-5,10-13H2,1-3H3,(H,20,23)/t14-,15-/m0/s1. The Morgan fingerprint density at radius 1 is 1.20 bits per heavy atom. The number of morpholine rings is 1. The van der Waals surface area contributed by atoms with Gasteiger partial charge in [-0.15, -0.1) is 0 Å². The van der Waals surface area contributed by atoms with E-state index in [1.807, 2.05) is 13.8 Å². The lowest BCUT2D eigenvalue weighted by Gasteiger charge is -2.35. The molecule has 1 aliphatic heterocycles. The van der Waals surface area contributed by atoms with Crippen LogP contribution >= 0.6 is 0 Å². The van der Waals surface area contributed by atoms with Crippen molar-refractivity contribution in [2.45, 2.75) is 45.8 Å². The highest BCUT2D eigenvalue weighted by Gasteiger charge is 2.25. The molecule has 25 heavy (non-hydrogen) atoms. The van der Waals surface area contributed by atoms with Crippen LogP contribution in [0.15, 0.2) is 24.3 Å². The van der Waals surface area contributed by atoms with Gasteiger partial charge in [0.1, 0.15) is 5.75 Å². The second-order valence-corrected chi connectivity index (χ2v) is 6.47. The van der Waals surface area contributed by atoms with Crippen molar-refractivity contribution >= 4 is 11.8 Å². The number of carbonyl (C=O) groups excluding carboxylic acids is 2. The van der Waals surface area contributed by atoms with Crippen molar-refractivity contribution in [2.24, 2.45) is 0 Å². The van der Waals surface area contributed by atoms with E-state index >= 15 is 0 Å². The lowest BCUT2D eigenvalue weighted by Crippen LogP contribution is -2.51. The van der Waals surface area contributed by atoms with E-state index in [0.717, 1.165) is 18.6 Å². The van der Waals surface area contributed by atoms with Gasteiger partial charge in [-0.25, -0.2) is 0 Å². The number of amides is 2. The van der Waals surface area contributed by atoms with E-state index in [1.165, 1.54) is 0 Å². The van der Waals surface area contributed by atoms with Gasteiger partial charge in [0, 0.05) is 18.7 Å². The summed E-state index contributed by atoms with van der Waals surface area (Å²) in [6, 6.07) is 6.97. The summed E-state index contributed by atoms with van der Waals surface area (Å²) in [5, 5.41) is 2.69. The first-order valence-corrected chi connectivity index (χ1v) is 8.94. The molecule has 1 N–H and O–H groups in total. The van der Waals surface area contributed by atoms with Crippen LogP contribution < -0.4 is 10.1 Å². The molecule has 0 spiro atoms. The van der Waals surface area contributed by atoms with Gasteiger partial charge in [0.25, 0.3) is 5.91 Å². The SMILES string of the molecule is CCCCOc1ccc(C(=O)NCC(=O)N2C[C@H](C)O[C@@H](C)C2)cc1. The molecule has 0 saturated carbocycles. The second kappa shape index (κ2) is 9.42. The predicted molar refractivity (Wildman–Crippen MR) is 95.8 cm³/mol. The van der Waals surface area contributed by atoms with Crippen molar-refractivity contribution < 1.29 is 19.1 Å². The Hall–Kier alpha value is -2.08. The van der Waals surface area contributed by atoms with Gasteiger partial charge in [-0.3, -0.25) is 9.59 Å². The van der Waals surface area contributed by atoms with Gasteiger partial charge < -0.3 is 19.7 Å². The normalized spacial score (nSPS) is 20.2. The molecule has 2 amide bonds. The summed E-state index contributed by atoms with van der Waals surface area (Å²) >= 11 is 0. The van der Waals surface area contributed by atoms with Crippen LogP contribution in [0.3, 0.4) is 0 Å². The third kappa shape index (κ3) is 6.05. The highest BCUT2D eigenvalue weighted by molar-refractivity contribution is 5.96. The first kappa shape index (κ1) is 19.2. The zero-order chi connectivity index (χ0) is 18.2. The van der Waals surface area contributed by atoms with E-state index in [1.54, 1.807) is 29.2 Å². The Labute approximate surface area is 149 Å². The zero-order valence-corrected chi connectivity index (χ0v) is 15.3. The van der Waals surface area contributed by atoms with Crippen molar-refractivity contribution in [1.29, 1.82) is 0 Å². The van der Waals surface area contributed by atoms with Crippen LogP contribution in [0.25, 0.3) is 0 Å². The smallest absolute Gasteiger partial charge is 0.251 e. The molecule has 1 aromatic carbocycles. The van der Waals surface area contributed by atoms with Gasteiger partial charge in [0.05, 0.1) is 25.4 Å². The van der Waals surface area contributed by atoms with Crippen molar-refractivity contribution in [1.82, 2.24) is 10.2 Å². The Morgan fingerprint density at radius 2 is 1.84 bits per heavy atom. The summed E-state index contributed by atoms with van der Waals surface area (Å²) in [6.45, 7) is 7.78. The molecule has 6 heteroatoms. The topological polar surface area (TPSA) is 67.9 Å². The molecule has 6 nitrogen and oxygen atoms in total. The molecule has 1 saturated heterocycles. The van der Waals surface area contributed by atoms with E-state index in [9.17, 15) is 9.59 Å². The summed E-state index contributed by atoms with van der Waals surface area (Å²) in [5.41, 5.74) is 0.513. The number of nitrogens with one attached hydrogen (secondary N) is 1. The molecule has 1 heterocycles. The van der Waals surface area contributed by atoms with Crippen molar-refractivity contribution in [3.63, 3.8) is 0 Å². The average molecular weight is 348 g/mol. The minimum absolute atomic E-state index is 0.00692. The molecule has 1 fully saturated rings. The molecular weight excluding hydrogens is 320 g/mol. The van der Waals surface area contributed by atoms with E-state index in [4.69, 9.17) is 9.47 Å². The summed E-state index contributed by atoms with van der Waals surface area (Å²) in [4.78, 5) is 26.2. The lowest BCUT2D eigenvalue weighted by molar-refractivity contribution is -0.142. The molecule has 1 aliphatic rings. The van der Waals surface area contributed by atoms with Crippen LogP contribution in [-0.4, -0.2) is 55.2 Å². The van der Waals surface area contributed by atoms with Gasteiger partial charge in [0.2, 0.25) is 5.91 Å². The van der Waals surface area contributed by atoms with E-state index in [0.29, 0.717) is 25.3 Å². The maximum absolute atomic E-state index is 12.3. The van der Waals surface area contributed by atoms with Crippen LogP contribution in [-0.2, 0) is 9.53 Å². The quantitative estimate of drug-likeness (QED) is 0.767. The van der Waals surface area contributed by atoms with Gasteiger partial charge in [-0.05, 0) is 44.5 Å². The first-order valence-electron chi connectivity index (χ1n) is 8.94. The Kier molecular flexibility index (Phi) is 7.25. The summed E-state index contributed by atoms with van der Waals surface area (Å²) in [6.07, 6.45) is 2.12. The Balaban J connectivity index is 1.80. The number of benzene rings is 1. The molecule has 0 aliphatic carbocycles. The minimum Gasteiger partial charge on any atom is -0.494 e. The number of carbonyl (C=O) groups is 2. The molecule has 0 unspecified atom stereocenters. The molecule has 0 radical (unpaired) electrons. The van der Waals surface area contributed by atoms with Gasteiger partial charge in [0.15, 0.2) is 0 Å². The van der Waals surface area contributed by atoms with Crippen LogP contribution in [0.2, 0.25) is 0 Å². The van der Waals surface area contributed by atoms with Crippen LogP contribution in [0.1, 0.15) is 44.0 Å². The maximum atomic E-state index is 12.3. The van der Waals surface area contributed by atoms with Crippen LogP contribution in [0, 0.1) is 0 Å². The van der Waals surface area contributed by atoms with Crippen LogP contribution in [0.4, 0.5) is 0 Å². The number of hydrogen-bond acceptors (Lipinski definition) is 4. The fraction of sp³-hybridized carbons (Fsp3) is 0.579. The third-order valence-electron chi connectivity index (χ3n) is 4.06. The Bertz CT molecular complexity index is 563. The molecule has 2 atom stereocenters. The number of unbranched alkanes of at least 4 members (excludes halogenated alkanes) is 1. The molecule has 1 aromatic rings. The van der Waals surface area contributed by atoms with E-state index in [-0.39, 0.29) is 30.6 Å².